The Morgan fingerprint density at radius 3 is 2.25 bits per heavy atom. The molecule has 10 heteroatoms. The summed E-state index contributed by atoms with van der Waals surface area (Å²) < 4.78 is 42.8. The standard InChI is InChI=1S/C34H29ClFN3O4S/c1-23-12-14-26(15-13-23)44(42,43)39-22-29(27-8-2-3-11-32(27)39)24-6-4-7-25(20-24)34(41)38-18-16-37(17-19-38)33(40)21-28-30(35)9-5-10-31(28)36/h2-15,20,22H,16-19,21H2,1H3. The fraction of sp³-hybridized carbons (Fsp3) is 0.176. The fourth-order valence-electron chi connectivity index (χ4n) is 5.53. The second-order valence-electron chi connectivity index (χ2n) is 10.8. The van der Waals surface area contributed by atoms with Crippen molar-refractivity contribution in [3.8, 4) is 11.1 Å². The minimum Gasteiger partial charge on any atom is -0.339 e. The number of benzene rings is 4. The molecule has 1 aliphatic rings. The van der Waals surface area contributed by atoms with Crippen LogP contribution in [-0.4, -0.2) is 60.2 Å². The van der Waals surface area contributed by atoms with E-state index in [0.717, 1.165) is 10.9 Å². The van der Waals surface area contributed by atoms with Crippen LogP contribution in [0.15, 0.2) is 102 Å². The highest BCUT2D eigenvalue weighted by atomic mass is 35.5. The number of nitrogens with zero attached hydrogens (tertiary/aromatic N) is 3. The summed E-state index contributed by atoms with van der Waals surface area (Å²) in [6.45, 7) is 3.20. The van der Waals surface area contributed by atoms with Crippen molar-refractivity contribution in [1.82, 2.24) is 13.8 Å². The molecule has 1 aromatic heterocycles. The van der Waals surface area contributed by atoms with Gasteiger partial charge in [-0.2, -0.15) is 0 Å². The van der Waals surface area contributed by atoms with Crippen LogP contribution in [0.4, 0.5) is 4.39 Å². The smallest absolute Gasteiger partial charge is 0.268 e. The Morgan fingerprint density at radius 2 is 1.52 bits per heavy atom. The summed E-state index contributed by atoms with van der Waals surface area (Å²) >= 11 is 6.10. The van der Waals surface area contributed by atoms with Crippen LogP contribution in [-0.2, 0) is 21.2 Å². The van der Waals surface area contributed by atoms with Gasteiger partial charge in [-0.05, 0) is 55.0 Å². The van der Waals surface area contributed by atoms with Gasteiger partial charge in [0.25, 0.3) is 15.9 Å². The molecule has 2 heterocycles. The lowest BCUT2D eigenvalue weighted by molar-refractivity contribution is -0.132. The Kier molecular flexibility index (Phi) is 8.00. The van der Waals surface area contributed by atoms with Crippen molar-refractivity contribution < 1.29 is 22.4 Å². The van der Waals surface area contributed by atoms with Crippen LogP contribution in [0.25, 0.3) is 22.0 Å². The van der Waals surface area contributed by atoms with E-state index in [0.29, 0.717) is 48.4 Å². The first kappa shape index (κ1) is 29.6. The van der Waals surface area contributed by atoms with E-state index in [2.05, 4.69) is 0 Å². The Bertz CT molecular complexity index is 1980. The van der Waals surface area contributed by atoms with Gasteiger partial charge in [-0.25, -0.2) is 16.8 Å². The molecule has 0 N–H and O–H groups in total. The number of halogens is 2. The van der Waals surface area contributed by atoms with Gasteiger partial charge in [0.1, 0.15) is 5.82 Å². The first-order chi connectivity index (χ1) is 21.1. The molecule has 0 bridgehead atoms. The monoisotopic (exact) mass is 629 g/mol. The summed E-state index contributed by atoms with van der Waals surface area (Å²) in [5.41, 5.74) is 3.52. The van der Waals surface area contributed by atoms with Crippen LogP contribution < -0.4 is 0 Å². The van der Waals surface area contributed by atoms with Crippen LogP contribution >= 0.6 is 11.6 Å². The number of aromatic nitrogens is 1. The molecule has 5 aromatic rings. The number of rotatable bonds is 6. The predicted molar refractivity (Wildman–Crippen MR) is 169 cm³/mol. The van der Waals surface area contributed by atoms with Crippen molar-refractivity contribution in [3.05, 3.63) is 125 Å². The zero-order chi connectivity index (χ0) is 31.0. The Balaban J connectivity index is 1.22. The van der Waals surface area contributed by atoms with Gasteiger partial charge in [0, 0.05) is 59.5 Å². The molecule has 7 nitrogen and oxygen atoms in total. The van der Waals surface area contributed by atoms with E-state index < -0.39 is 15.8 Å². The molecular weight excluding hydrogens is 601 g/mol. The second-order valence-corrected chi connectivity index (χ2v) is 13.0. The highest BCUT2D eigenvalue weighted by molar-refractivity contribution is 7.90. The van der Waals surface area contributed by atoms with Crippen molar-refractivity contribution in [2.24, 2.45) is 0 Å². The lowest BCUT2D eigenvalue weighted by Crippen LogP contribution is -2.51. The zero-order valence-corrected chi connectivity index (χ0v) is 25.5. The Hall–Kier alpha value is -4.47. The molecule has 0 radical (unpaired) electrons. The molecule has 0 saturated carbocycles. The molecule has 0 spiro atoms. The van der Waals surface area contributed by atoms with Crippen molar-refractivity contribution >= 4 is 44.3 Å². The van der Waals surface area contributed by atoms with E-state index in [4.69, 9.17) is 11.6 Å². The maximum Gasteiger partial charge on any atom is 0.268 e. The third kappa shape index (κ3) is 5.60. The number of carbonyl (C=O) groups is 2. The zero-order valence-electron chi connectivity index (χ0n) is 23.9. The summed E-state index contributed by atoms with van der Waals surface area (Å²) in [5.74, 6) is -0.953. The number of aryl methyl sites for hydroxylation is 1. The maximum atomic E-state index is 14.2. The van der Waals surface area contributed by atoms with Gasteiger partial charge < -0.3 is 9.80 Å². The number of para-hydroxylation sites is 1. The van der Waals surface area contributed by atoms with E-state index in [1.54, 1.807) is 76.7 Å². The Morgan fingerprint density at radius 1 is 0.841 bits per heavy atom. The third-order valence-electron chi connectivity index (χ3n) is 7.99. The topological polar surface area (TPSA) is 79.7 Å². The lowest BCUT2D eigenvalue weighted by Gasteiger charge is -2.35. The van der Waals surface area contributed by atoms with Crippen LogP contribution in [0.5, 0.6) is 0 Å². The molecule has 1 fully saturated rings. The van der Waals surface area contributed by atoms with Gasteiger partial charge in [0.15, 0.2) is 0 Å². The van der Waals surface area contributed by atoms with E-state index in [1.165, 1.54) is 16.1 Å². The highest BCUT2D eigenvalue weighted by Crippen LogP contribution is 2.34. The average Bonchev–Trinajstić information content (AvgIpc) is 3.44. The first-order valence-electron chi connectivity index (χ1n) is 14.2. The summed E-state index contributed by atoms with van der Waals surface area (Å²) in [6.07, 6.45) is 1.46. The highest BCUT2D eigenvalue weighted by Gasteiger charge is 2.27. The van der Waals surface area contributed by atoms with Crippen molar-refractivity contribution in [3.63, 3.8) is 0 Å². The van der Waals surface area contributed by atoms with Gasteiger partial charge in [-0.3, -0.25) is 9.59 Å². The molecule has 2 amide bonds. The summed E-state index contributed by atoms with van der Waals surface area (Å²) in [4.78, 5) is 29.9. The minimum atomic E-state index is -3.87. The van der Waals surface area contributed by atoms with Gasteiger partial charge in [-0.1, -0.05) is 65.7 Å². The molecule has 1 aliphatic heterocycles. The molecule has 224 valence electrons. The number of hydrogen-bond donors (Lipinski definition) is 0. The number of fused-ring (bicyclic) bond motifs is 1. The van der Waals surface area contributed by atoms with Crippen molar-refractivity contribution in [2.45, 2.75) is 18.2 Å². The van der Waals surface area contributed by atoms with Crippen LogP contribution in [0, 0.1) is 12.7 Å². The fourth-order valence-corrected chi connectivity index (χ4v) is 7.13. The molecule has 0 aliphatic carbocycles. The molecule has 6 rings (SSSR count). The van der Waals surface area contributed by atoms with Crippen molar-refractivity contribution in [2.75, 3.05) is 26.2 Å². The number of hydrogen-bond acceptors (Lipinski definition) is 4. The summed E-state index contributed by atoms with van der Waals surface area (Å²) in [5, 5.41) is 0.956. The van der Waals surface area contributed by atoms with E-state index in [-0.39, 0.29) is 33.7 Å². The molecule has 44 heavy (non-hydrogen) atoms. The van der Waals surface area contributed by atoms with Crippen molar-refractivity contribution in [1.29, 1.82) is 0 Å². The third-order valence-corrected chi connectivity index (χ3v) is 10.0. The van der Waals surface area contributed by atoms with Gasteiger partial charge in [0.2, 0.25) is 5.91 Å². The normalized spacial score (nSPS) is 13.8. The van der Waals surface area contributed by atoms with E-state index in [9.17, 15) is 22.4 Å². The number of amides is 2. The van der Waals surface area contributed by atoms with E-state index >= 15 is 0 Å². The Labute approximate surface area is 260 Å². The van der Waals surface area contributed by atoms with E-state index in [1.807, 2.05) is 25.1 Å². The predicted octanol–water partition coefficient (Wildman–Crippen LogP) is 6.17. The lowest BCUT2D eigenvalue weighted by atomic mass is 10.0. The largest absolute Gasteiger partial charge is 0.339 e. The van der Waals surface area contributed by atoms with Crippen LogP contribution in [0.1, 0.15) is 21.5 Å². The summed E-state index contributed by atoms with van der Waals surface area (Å²) in [6, 6.07) is 25.5. The van der Waals surface area contributed by atoms with Crippen LogP contribution in [0.2, 0.25) is 5.02 Å². The quantitative estimate of drug-likeness (QED) is 0.225. The van der Waals surface area contributed by atoms with Crippen LogP contribution in [0.3, 0.4) is 0 Å². The van der Waals surface area contributed by atoms with Gasteiger partial charge in [0.05, 0.1) is 16.8 Å². The second kappa shape index (κ2) is 11.9. The maximum absolute atomic E-state index is 14.2. The number of carbonyl (C=O) groups excluding carboxylic acids is 2. The molecule has 0 atom stereocenters. The summed E-state index contributed by atoms with van der Waals surface area (Å²) in [7, 11) is -3.87. The molecule has 0 unspecified atom stereocenters. The molecular formula is C34H29ClFN3O4S. The van der Waals surface area contributed by atoms with Gasteiger partial charge >= 0.3 is 0 Å². The number of piperazine rings is 1. The molecule has 4 aromatic carbocycles. The SMILES string of the molecule is Cc1ccc(S(=O)(=O)n2cc(-c3cccc(C(=O)N4CCN(C(=O)Cc5c(F)cccc5Cl)CC4)c3)c3ccccc32)cc1. The van der Waals surface area contributed by atoms with Gasteiger partial charge in [-0.15, -0.1) is 0 Å². The molecule has 1 saturated heterocycles. The first-order valence-corrected chi connectivity index (χ1v) is 16.0. The average molecular weight is 630 g/mol. The minimum absolute atomic E-state index is 0.144.